The summed E-state index contributed by atoms with van der Waals surface area (Å²) in [7, 11) is 1.49. The van der Waals surface area contributed by atoms with Crippen LogP contribution < -0.4 is 10.1 Å². The van der Waals surface area contributed by atoms with Crippen molar-refractivity contribution in [3.8, 4) is 11.5 Å². The number of phenols is 1. The van der Waals surface area contributed by atoms with Crippen molar-refractivity contribution < 1.29 is 14.6 Å². The molecule has 7 heteroatoms. The quantitative estimate of drug-likeness (QED) is 0.719. The molecule has 0 bridgehead atoms. The molecule has 1 unspecified atom stereocenters. The Morgan fingerprint density at radius 1 is 1.50 bits per heavy atom. The molecule has 0 fully saturated rings. The number of ketones is 1. The van der Waals surface area contributed by atoms with Crippen LogP contribution in [0.3, 0.4) is 0 Å². The van der Waals surface area contributed by atoms with Crippen LogP contribution in [0.5, 0.6) is 11.5 Å². The lowest BCUT2D eigenvalue weighted by Crippen LogP contribution is -2.47. The Labute approximate surface area is 155 Å². The lowest BCUT2D eigenvalue weighted by atomic mass is 9.91. The Kier molecular flexibility index (Phi) is 5.87. The Balaban J connectivity index is 2.64. The van der Waals surface area contributed by atoms with Crippen LogP contribution in [0.1, 0.15) is 38.8 Å². The predicted octanol–water partition coefficient (Wildman–Crippen LogP) is 3.67. The topological polar surface area (TPSA) is 61.8 Å². The SMILES string of the molecule is CCCN1C(=S)NC(c2cc(Br)cc(OC)c2O)C(C(C)=O)=C1C. The van der Waals surface area contributed by atoms with Crippen LogP contribution in [-0.2, 0) is 4.79 Å². The molecule has 1 heterocycles. The molecule has 0 spiro atoms. The number of hydrogen-bond donors (Lipinski definition) is 2. The van der Waals surface area contributed by atoms with E-state index in [9.17, 15) is 9.90 Å². The third-order valence-electron chi connectivity index (χ3n) is 4.02. The molecule has 0 saturated heterocycles. The monoisotopic (exact) mass is 412 g/mol. The molecule has 0 radical (unpaired) electrons. The number of methoxy groups -OCH3 is 1. The van der Waals surface area contributed by atoms with Gasteiger partial charge in [-0.1, -0.05) is 22.9 Å². The number of rotatable bonds is 5. The van der Waals surface area contributed by atoms with Gasteiger partial charge in [-0.25, -0.2) is 0 Å². The fourth-order valence-electron chi connectivity index (χ4n) is 2.93. The molecule has 1 aliphatic rings. The lowest BCUT2D eigenvalue weighted by Gasteiger charge is -2.38. The highest BCUT2D eigenvalue weighted by Crippen LogP contribution is 2.41. The number of aromatic hydroxyl groups is 1. The zero-order chi connectivity index (χ0) is 18.0. The summed E-state index contributed by atoms with van der Waals surface area (Å²) in [6.45, 7) is 6.20. The van der Waals surface area contributed by atoms with Crippen LogP contribution in [0.15, 0.2) is 27.9 Å². The number of nitrogens with zero attached hydrogens (tertiary/aromatic N) is 1. The highest BCUT2D eigenvalue weighted by molar-refractivity contribution is 9.10. The van der Waals surface area contributed by atoms with Gasteiger partial charge in [0.15, 0.2) is 22.4 Å². The van der Waals surface area contributed by atoms with Gasteiger partial charge in [0, 0.05) is 27.9 Å². The number of thiocarbonyl (C=S) groups is 1. The molecule has 2 rings (SSSR count). The molecule has 130 valence electrons. The largest absolute Gasteiger partial charge is 0.504 e. The maximum atomic E-state index is 12.3. The van der Waals surface area contributed by atoms with E-state index in [1.165, 1.54) is 14.0 Å². The summed E-state index contributed by atoms with van der Waals surface area (Å²) in [6, 6.07) is 2.92. The third kappa shape index (κ3) is 3.42. The van der Waals surface area contributed by atoms with Crippen LogP contribution >= 0.6 is 28.1 Å². The van der Waals surface area contributed by atoms with Gasteiger partial charge in [-0.05, 0) is 44.6 Å². The van der Waals surface area contributed by atoms with Crippen LogP contribution in [0.2, 0.25) is 0 Å². The second-order valence-electron chi connectivity index (χ2n) is 5.64. The summed E-state index contributed by atoms with van der Waals surface area (Å²) in [5, 5.41) is 14.3. The number of carbonyl (C=O) groups is 1. The summed E-state index contributed by atoms with van der Waals surface area (Å²) in [6.07, 6.45) is 0.908. The van der Waals surface area contributed by atoms with Crippen molar-refractivity contribution >= 4 is 39.0 Å². The summed E-state index contributed by atoms with van der Waals surface area (Å²) in [5.41, 5.74) is 1.95. The highest BCUT2D eigenvalue weighted by atomic mass is 79.9. The second kappa shape index (κ2) is 7.53. The molecule has 0 saturated carbocycles. The van der Waals surface area contributed by atoms with Gasteiger partial charge in [0.2, 0.25) is 0 Å². The van der Waals surface area contributed by atoms with Gasteiger partial charge in [-0.2, -0.15) is 0 Å². The molecule has 24 heavy (non-hydrogen) atoms. The number of nitrogens with one attached hydrogen (secondary N) is 1. The summed E-state index contributed by atoms with van der Waals surface area (Å²) < 4.78 is 5.96. The van der Waals surface area contributed by atoms with Gasteiger partial charge in [0.05, 0.1) is 13.2 Å². The van der Waals surface area contributed by atoms with E-state index >= 15 is 0 Å². The van der Waals surface area contributed by atoms with Crippen LogP contribution in [0, 0.1) is 0 Å². The molecule has 5 nitrogen and oxygen atoms in total. The molecular weight excluding hydrogens is 392 g/mol. The van der Waals surface area contributed by atoms with Crippen LogP contribution in [-0.4, -0.2) is 34.6 Å². The summed E-state index contributed by atoms with van der Waals surface area (Å²) in [4.78, 5) is 14.2. The smallest absolute Gasteiger partial charge is 0.173 e. The van der Waals surface area contributed by atoms with Gasteiger partial charge < -0.3 is 20.1 Å². The van der Waals surface area contributed by atoms with Gasteiger partial charge in [0.1, 0.15) is 0 Å². The Hall–Kier alpha value is -1.60. The Morgan fingerprint density at radius 2 is 2.17 bits per heavy atom. The van der Waals surface area contributed by atoms with Gasteiger partial charge >= 0.3 is 0 Å². The second-order valence-corrected chi connectivity index (χ2v) is 6.94. The zero-order valence-corrected chi connectivity index (χ0v) is 16.5. The first kappa shape index (κ1) is 18.7. The van der Waals surface area contributed by atoms with Gasteiger partial charge in [-0.15, -0.1) is 0 Å². The fourth-order valence-corrected chi connectivity index (χ4v) is 3.73. The Morgan fingerprint density at radius 3 is 2.71 bits per heavy atom. The first-order valence-electron chi connectivity index (χ1n) is 7.67. The highest BCUT2D eigenvalue weighted by Gasteiger charge is 2.34. The van der Waals surface area contributed by atoms with Crippen molar-refractivity contribution in [2.75, 3.05) is 13.7 Å². The number of ether oxygens (including phenoxy) is 1. The van der Waals surface area contributed by atoms with Crippen LogP contribution in [0.25, 0.3) is 0 Å². The maximum Gasteiger partial charge on any atom is 0.173 e. The minimum Gasteiger partial charge on any atom is -0.504 e. The molecule has 1 atom stereocenters. The van der Waals surface area contributed by atoms with Crippen molar-refractivity contribution in [1.82, 2.24) is 10.2 Å². The van der Waals surface area contributed by atoms with E-state index in [0.29, 0.717) is 22.0 Å². The first-order valence-corrected chi connectivity index (χ1v) is 8.88. The average molecular weight is 413 g/mol. The van der Waals surface area contributed by atoms with Crippen molar-refractivity contribution in [1.29, 1.82) is 0 Å². The average Bonchev–Trinajstić information content (AvgIpc) is 2.52. The number of Topliss-reactive ketones (excluding diaryl/α,β-unsaturated/α-hetero) is 1. The molecule has 1 aliphatic heterocycles. The van der Waals surface area contributed by atoms with Crippen LogP contribution in [0.4, 0.5) is 0 Å². The van der Waals surface area contributed by atoms with E-state index < -0.39 is 6.04 Å². The summed E-state index contributed by atoms with van der Waals surface area (Å²) >= 11 is 8.88. The lowest BCUT2D eigenvalue weighted by molar-refractivity contribution is -0.114. The number of phenolic OH excluding ortho intramolecular Hbond substituents is 1. The molecule has 0 aliphatic carbocycles. The van der Waals surface area contributed by atoms with E-state index in [2.05, 4.69) is 28.2 Å². The van der Waals surface area contributed by atoms with Gasteiger partial charge in [-0.3, -0.25) is 4.79 Å². The summed E-state index contributed by atoms with van der Waals surface area (Å²) in [5.74, 6) is 0.270. The van der Waals surface area contributed by atoms with Gasteiger partial charge in [0.25, 0.3) is 0 Å². The van der Waals surface area contributed by atoms with Crippen molar-refractivity contribution in [2.45, 2.75) is 33.2 Å². The molecule has 2 N–H and O–H groups in total. The van der Waals surface area contributed by atoms with Crippen molar-refractivity contribution in [3.05, 3.63) is 33.4 Å². The standard InChI is InChI=1S/C17H21BrN2O3S/c1-5-6-20-9(2)14(10(3)21)15(19-17(20)24)12-7-11(18)8-13(23-4)16(12)22/h7-8,15,22H,5-6H2,1-4H3,(H,19,24). The zero-order valence-electron chi connectivity index (χ0n) is 14.1. The molecule has 1 aromatic carbocycles. The van der Waals surface area contributed by atoms with E-state index in [1.54, 1.807) is 12.1 Å². The number of carbonyl (C=O) groups excluding carboxylic acids is 1. The van der Waals surface area contributed by atoms with E-state index in [-0.39, 0.29) is 11.5 Å². The molecule has 0 aromatic heterocycles. The van der Waals surface area contributed by atoms with Crippen molar-refractivity contribution in [2.24, 2.45) is 0 Å². The number of allylic oxidation sites excluding steroid dienone is 1. The third-order valence-corrected chi connectivity index (χ3v) is 4.82. The minimum absolute atomic E-state index is 0.00325. The molecule has 1 aromatic rings. The maximum absolute atomic E-state index is 12.3. The molecule has 0 amide bonds. The normalized spacial score (nSPS) is 17.8. The van der Waals surface area contributed by atoms with E-state index in [1.807, 2.05) is 11.8 Å². The minimum atomic E-state index is -0.519. The predicted molar refractivity (Wildman–Crippen MR) is 101 cm³/mol. The fraction of sp³-hybridized carbons (Fsp3) is 0.412. The number of benzene rings is 1. The van der Waals surface area contributed by atoms with E-state index in [0.717, 1.165) is 23.1 Å². The Bertz CT molecular complexity index is 718. The first-order chi connectivity index (χ1) is 11.3. The molecular formula is C17H21BrN2O3S. The number of halogens is 1. The van der Waals surface area contributed by atoms with Crippen molar-refractivity contribution in [3.63, 3.8) is 0 Å². The number of hydrogen-bond acceptors (Lipinski definition) is 4. The van der Waals surface area contributed by atoms with E-state index in [4.69, 9.17) is 17.0 Å².